The third-order valence-corrected chi connectivity index (χ3v) is 1.77. The Morgan fingerprint density at radius 1 is 1.46 bits per heavy atom. The Morgan fingerprint density at radius 3 is 2.92 bits per heavy atom. The van der Waals surface area contributed by atoms with E-state index in [1.807, 2.05) is 6.92 Å². The van der Waals surface area contributed by atoms with E-state index in [-0.39, 0.29) is 6.04 Å². The lowest BCUT2D eigenvalue weighted by Crippen LogP contribution is -2.11. The molecule has 6 nitrogen and oxygen atoms in total. The monoisotopic (exact) mass is 178 g/mol. The van der Waals surface area contributed by atoms with E-state index in [1.54, 1.807) is 16.8 Å². The third-order valence-electron chi connectivity index (χ3n) is 1.77. The summed E-state index contributed by atoms with van der Waals surface area (Å²) in [7, 11) is 0. The van der Waals surface area contributed by atoms with Gasteiger partial charge in [-0.3, -0.25) is 0 Å². The fourth-order valence-corrected chi connectivity index (χ4v) is 1.12. The van der Waals surface area contributed by atoms with Crippen molar-refractivity contribution < 1.29 is 0 Å². The molecule has 68 valence electrons. The van der Waals surface area contributed by atoms with Gasteiger partial charge in [0.25, 0.3) is 0 Å². The molecule has 0 aromatic carbocycles. The van der Waals surface area contributed by atoms with Crippen LogP contribution >= 0.6 is 0 Å². The quantitative estimate of drug-likeness (QED) is 0.626. The Balaban J connectivity index is 2.75. The molecule has 0 bridgehead atoms. The van der Waals surface area contributed by atoms with Crippen LogP contribution in [0.15, 0.2) is 12.3 Å². The lowest BCUT2D eigenvalue weighted by atomic mass is 10.3. The minimum Gasteiger partial charge on any atom is -0.396 e. The van der Waals surface area contributed by atoms with Crippen molar-refractivity contribution in [1.29, 1.82) is 0 Å². The molecule has 0 aliphatic heterocycles. The second-order valence-electron chi connectivity index (χ2n) is 2.87. The molecule has 2 rings (SSSR count). The first kappa shape index (κ1) is 7.93. The number of rotatable bonds is 1. The van der Waals surface area contributed by atoms with E-state index >= 15 is 0 Å². The van der Waals surface area contributed by atoms with Crippen molar-refractivity contribution in [2.45, 2.75) is 13.0 Å². The van der Waals surface area contributed by atoms with Gasteiger partial charge in [0.05, 0.1) is 17.9 Å². The Kier molecular flexibility index (Phi) is 1.63. The summed E-state index contributed by atoms with van der Waals surface area (Å²) < 4.78 is 1.56. The zero-order valence-electron chi connectivity index (χ0n) is 7.18. The molecule has 6 heteroatoms. The highest BCUT2D eigenvalue weighted by Crippen LogP contribution is 2.12. The largest absolute Gasteiger partial charge is 0.396 e. The predicted octanol–water partition coefficient (Wildman–Crippen LogP) is -0.274. The van der Waals surface area contributed by atoms with Gasteiger partial charge >= 0.3 is 0 Å². The van der Waals surface area contributed by atoms with Crippen LogP contribution in [-0.2, 0) is 0 Å². The molecule has 0 aliphatic carbocycles. The summed E-state index contributed by atoms with van der Waals surface area (Å²) in [4.78, 5) is 0. The van der Waals surface area contributed by atoms with Crippen molar-refractivity contribution in [3.63, 3.8) is 0 Å². The predicted molar refractivity (Wildman–Crippen MR) is 47.8 cm³/mol. The van der Waals surface area contributed by atoms with Crippen molar-refractivity contribution in [1.82, 2.24) is 19.8 Å². The van der Waals surface area contributed by atoms with Crippen LogP contribution in [-0.4, -0.2) is 19.8 Å². The zero-order chi connectivity index (χ0) is 9.42. The molecule has 2 heterocycles. The number of nitrogens with two attached hydrogens (primary N) is 2. The van der Waals surface area contributed by atoms with Crippen LogP contribution in [0.25, 0.3) is 5.65 Å². The minimum atomic E-state index is -0.204. The van der Waals surface area contributed by atoms with Crippen LogP contribution in [0, 0.1) is 0 Å². The standard InChI is InChI=1S/C7H10N6/c1-4(8)6-11-12-7-5(9)2-3-10-13(6)7/h2-4H,8-9H2,1H3. The SMILES string of the molecule is CC(N)c1nnc2c(N)ccnn12. The molecule has 4 N–H and O–H groups in total. The Hall–Kier alpha value is -1.69. The maximum atomic E-state index is 5.67. The molecule has 13 heavy (non-hydrogen) atoms. The number of fused-ring (bicyclic) bond motifs is 1. The van der Waals surface area contributed by atoms with E-state index in [9.17, 15) is 0 Å². The minimum absolute atomic E-state index is 0.204. The Bertz CT molecular complexity index is 431. The zero-order valence-corrected chi connectivity index (χ0v) is 7.18. The summed E-state index contributed by atoms with van der Waals surface area (Å²) in [5, 5.41) is 11.8. The van der Waals surface area contributed by atoms with Crippen LogP contribution in [0.1, 0.15) is 18.8 Å². The van der Waals surface area contributed by atoms with Crippen molar-refractivity contribution in [2.24, 2.45) is 5.73 Å². The van der Waals surface area contributed by atoms with E-state index in [0.29, 0.717) is 17.2 Å². The Morgan fingerprint density at radius 2 is 2.23 bits per heavy atom. The van der Waals surface area contributed by atoms with Crippen LogP contribution in [0.4, 0.5) is 5.69 Å². The molecule has 0 saturated carbocycles. The Labute approximate surface area is 74.6 Å². The summed E-state index contributed by atoms with van der Waals surface area (Å²) in [5.74, 6) is 0.613. The first-order valence-electron chi connectivity index (χ1n) is 3.91. The van der Waals surface area contributed by atoms with Gasteiger partial charge < -0.3 is 11.5 Å². The lowest BCUT2D eigenvalue weighted by molar-refractivity contribution is 0.695. The van der Waals surface area contributed by atoms with Crippen LogP contribution in [0.2, 0.25) is 0 Å². The molecule has 0 radical (unpaired) electrons. The van der Waals surface area contributed by atoms with E-state index < -0.39 is 0 Å². The van der Waals surface area contributed by atoms with Crippen LogP contribution in [0.3, 0.4) is 0 Å². The number of hydrogen-bond acceptors (Lipinski definition) is 5. The number of nitrogens with zero attached hydrogens (tertiary/aromatic N) is 4. The van der Waals surface area contributed by atoms with Crippen molar-refractivity contribution in [3.05, 3.63) is 18.1 Å². The van der Waals surface area contributed by atoms with Gasteiger partial charge in [0, 0.05) is 0 Å². The number of nitrogen functional groups attached to an aromatic ring is 1. The maximum Gasteiger partial charge on any atom is 0.200 e. The second-order valence-corrected chi connectivity index (χ2v) is 2.87. The van der Waals surface area contributed by atoms with E-state index in [4.69, 9.17) is 11.5 Å². The molecule has 2 aromatic rings. The summed E-state index contributed by atoms with van der Waals surface area (Å²) in [6.45, 7) is 1.82. The van der Waals surface area contributed by atoms with Gasteiger partial charge in [-0.05, 0) is 13.0 Å². The summed E-state index contributed by atoms with van der Waals surface area (Å²) in [5.41, 5.74) is 12.4. The molecule has 1 atom stereocenters. The molecule has 0 amide bonds. The van der Waals surface area contributed by atoms with Gasteiger partial charge in [0.2, 0.25) is 5.65 Å². The maximum absolute atomic E-state index is 5.67. The number of aromatic nitrogens is 4. The molecular formula is C7H10N6. The van der Waals surface area contributed by atoms with Crippen molar-refractivity contribution in [2.75, 3.05) is 5.73 Å². The molecule has 2 aromatic heterocycles. The molecule has 0 aliphatic rings. The average molecular weight is 178 g/mol. The molecule has 0 fully saturated rings. The number of anilines is 1. The van der Waals surface area contributed by atoms with Gasteiger partial charge in [-0.2, -0.15) is 9.61 Å². The van der Waals surface area contributed by atoms with Gasteiger partial charge in [0.1, 0.15) is 0 Å². The molecule has 0 spiro atoms. The highest BCUT2D eigenvalue weighted by Gasteiger charge is 2.11. The highest BCUT2D eigenvalue weighted by atomic mass is 15.4. The summed E-state index contributed by atoms with van der Waals surface area (Å²) in [6, 6.07) is 1.47. The van der Waals surface area contributed by atoms with Crippen LogP contribution < -0.4 is 11.5 Å². The first-order chi connectivity index (χ1) is 6.20. The second kappa shape index (κ2) is 2.67. The molecule has 1 unspecified atom stereocenters. The van der Waals surface area contributed by atoms with Crippen molar-refractivity contribution >= 4 is 11.3 Å². The van der Waals surface area contributed by atoms with Crippen LogP contribution in [0.5, 0.6) is 0 Å². The fourth-order valence-electron chi connectivity index (χ4n) is 1.12. The average Bonchev–Trinajstić information content (AvgIpc) is 2.48. The number of hydrogen-bond donors (Lipinski definition) is 2. The highest BCUT2D eigenvalue weighted by molar-refractivity contribution is 5.62. The summed E-state index contributed by atoms with van der Waals surface area (Å²) >= 11 is 0. The van der Waals surface area contributed by atoms with Gasteiger partial charge in [-0.15, -0.1) is 10.2 Å². The van der Waals surface area contributed by atoms with Crippen molar-refractivity contribution in [3.8, 4) is 0 Å². The smallest absolute Gasteiger partial charge is 0.200 e. The molecule has 0 saturated heterocycles. The summed E-state index contributed by atoms with van der Waals surface area (Å²) in [6.07, 6.45) is 1.59. The first-order valence-corrected chi connectivity index (χ1v) is 3.91. The third kappa shape index (κ3) is 1.11. The lowest BCUT2D eigenvalue weighted by Gasteiger charge is -2.01. The van der Waals surface area contributed by atoms with E-state index in [1.165, 1.54) is 0 Å². The van der Waals surface area contributed by atoms with Gasteiger partial charge in [-0.1, -0.05) is 0 Å². The molecular weight excluding hydrogens is 168 g/mol. The fraction of sp³-hybridized carbons (Fsp3) is 0.286. The van der Waals surface area contributed by atoms with E-state index in [0.717, 1.165) is 0 Å². The van der Waals surface area contributed by atoms with Gasteiger partial charge in [0.15, 0.2) is 5.82 Å². The van der Waals surface area contributed by atoms with Gasteiger partial charge in [-0.25, -0.2) is 0 Å². The topological polar surface area (TPSA) is 95.1 Å². The normalized spacial score (nSPS) is 13.4. The van der Waals surface area contributed by atoms with E-state index in [2.05, 4.69) is 15.3 Å².